The summed E-state index contributed by atoms with van der Waals surface area (Å²) in [5.41, 5.74) is 5.66. The molecule has 1 aliphatic rings. The van der Waals surface area contributed by atoms with Crippen molar-refractivity contribution in [3.05, 3.63) is 168 Å². The largest absolute Gasteiger partial charge is 0.493 e. The van der Waals surface area contributed by atoms with E-state index in [1.165, 1.54) is 6.92 Å². The van der Waals surface area contributed by atoms with E-state index in [1.54, 1.807) is 52.3 Å². The molecule has 3 atom stereocenters. The van der Waals surface area contributed by atoms with E-state index >= 15 is 9.59 Å². The molecule has 0 saturated heterocycles. The number of esters is 1. The molecule has 0 aliphatic carbocycles. The molecule has 1 aliphatic heterocycles. The quantitative estimate of drug-likeness (QED) is 0.0673. The Labute approximate surface area is 326 Å². The number of aryl methyl sites for hydroxylation is 1. The summed E-state index contributed by atoms with van der Waals surface area (Å²) in [6.45, 7) is 7.52. The van der Waals surface area contributed by atoms with Gasteiger partial charge in [-0.25, -0.2) is 0 Å². The van der Waals surface area contributed by atoms with Gasteiger partial charge in [0.1, 0.15) is 23.2 Å². The molecule has 0 bridgehead atoms. The van der Waals surface area contributed by atoms with E-state index in [9.17, 15) is 9.90 Å². The number of carbonyl (C=O) groups excluding carboxylic acids is 3. The van der Waals surface area contributed by atoms with Crippen molar-refractivity contribution in [2.45, 2.75) is 51.4 Å². The van der Waals surface area contributed by atoms with E-state index in [-0.39, 0.29) is 38.0 Å². The first-order chi connectivity index (χ1) is 27.2. The third-order valence-electron chi connectivity index (χ3n) is 10.0. The molecule has 1 N–H and O–H groups in total. The van der Waals surface area contributed by atoms with Gasteiger partial charge in [-0.3, -0.25) is 19.3 Å². The van der Waals surface area contributed by atoms with Crippen molar-refractivity contribution in [2.75, 3.05) is 18.1 Å². The number of fused-ring (bicyclic) bond motifs is 2. The summed E-state index contributed by atoms with van der Waals surface area (Å²) in [6.07, 6.45) is 1.37. The standard InChI is InChI=1S/C47H44N2O7/c1-4-11-43(55-32(3)51)45-44(48(46(52)35-18-16-31(2)17-19-35)30-39-28-37-14-8-9-15-42(37)56-39)40-29-38(54-27-10-26-50)24-25-41(40)49(45)47(53)36-22-20-34(21-23-36)33-12-6-5-7-13-33/h4-9,12-25,28-29,43-45,50H,1,10-11,26-27,30H2,2-3H3/t43?,44-,45+/m0/s1. The van der Waals surface area contributed by atoms with E-state index in [2.05, 4.69) is 6.58 Å². The fourth-order valence-corrected chi connectivity index (χ4v) is 7.44. The monoisotopic (exact) mass is 748 g/mol. The maximum Gasteiger partial charge on any atom is 0.302 e. The van der Waals surface area contributed by atoms with Gasteiger partial charge in [0.05, 0.1) is 30.9 Å². The predicted octanol–water partition coefficient (Wildman–Crippen LogP) is 9.09. The number of hydrogen-bond acceptors (Lipinski definition) is 7. The molecule has 1 aromatic heterocycles. The van der Waals surface area contributed by atoms with Crippen LogP contribution in [0.25, 0.3) is 22.1 Å². The van der Waals surface area contributed by atoms with Gasteiger partial charge in [0, 0.05) is 48.4 Å². The Hall–Kier alpha value is -6.45. The number of aliphatic hydroxyl groups is 1. The van der Waals surface area contributed by atoms with Crippen LogP contribution in [-0.4, -0.2) is 53.1 Å². The lowest BCUT2D eigenvalue weighted by Gasteiger charge is -2.39. The molecule has 9 heteroatoms. The van der Waals surface area contributed by atoms with Gasteiger partial charge in [0.25, 0.3) is 11.8 Å². The first-order valence-electron chi connectivity index (χ1n) is 18.8. The van der Waals surface area contributed by atoms with Crippen LogP contribution in [0.5, 0.6) is 5.75 Å². The zero-order valence-electron chi connectivity index (χ0n) is 31.5. The Kier molecular flexibility index (Phi) is 11.4. The minimum absolute atomic E-state index is 0.0340. The van der Waals surface area contributed by atoms with Crippen LogP contribution in [0.2, 0.25) is 0 Å². The highest BCUT2D eigenvalue weighted by molar-refractivity contribution is 6.09. The van der Waals surface area contributed by atoms with Gasteiger partial charge < -0.3 is 23.9 Å². The minimum atomic E-state index is -0.905. The van der Waals surface area contributed by atoms with Crippen LogP contribution < -0.4 is 9.64 Å². The van der Waals surface area contributed by atoms with Gasteiger partial charge in [-0.2, -0.15) is 0 Å². The molecule has 7 rings (SSSR count). The smallest absolute Gasteiger partial charge is 0.302 e. The van der Waals surface area contributed by atoms with Crippen molar-refractivity contribution < 1.29 is 33.4 Å². The lowest BCUT2D eigenvalue weighted by Crippen LogP contribution is -2.52. The number of para-hydroxylation sites is 1. The van der Waals surface area contributed by atoms with Crippen molar-refractivity contribution in [3.63, 3.8) is 0 Å². The average molecular weight is 749 g/mol. The van der Waals surface area contributed by atoms with Crippen LogP contribution >= 0.6 is 0 Å². The first kappa shape index (κ1) is 37.8. The Morgan fingerprint density at radius 1 is 0.875 bits per heavy atom. The molecule has 2 amide bonds. The van der Waals surface area contributed by atoms with Gasteiger partial charge >= 0.3 is 5.97 Å². The van der Waals surface area contributed by atoms with Crippen LogP contribution in [0.3, 0.4) is 0 Å². The number of rotatable bonds is 14. The summed E-state index contributed by atoms with van der Waals surface area (Å²) < 4.78 is 18.5. The minimum Gasteiger partial charge on any atom is -0.493 e. The van der Waals surface area contributed by atoms with Gasteiger partial charge in [-0.1, -0.05) is 84.4 Å². The van der Waals surface area contributed by atoms with E-state index < -0.39 is 24.2 Å². The molecule has 6 aromatic rings. The highest BCUT2D eigenvalue weighted by Gasteiger charge is 2.51. The average Bonchev–Trinajstić information content (AvgIpc) is 3.78. The number of benzene rings is 5. The number of anilines is 1. The molecule has 0 radical (unpaired) electrons. The summed E-state index contributed by atoms with van der Waals surface area (Å²) in [5.74, 6) is -0.134. The fourth-order valence-electron chi connectivity index (χ4n) is 7.44. The number of carbonyl (C=O) groups is 3. The third-order valence-corrected chi connectivity index (χ3v) is 10.0. The maximum atomic E-state index is 15.1. The Bertz CT molecular complexity index is 2300. The first-order valence-corrected chi connectivity index (χ1v) is 18.8. The van der Waals surface area contributed by atoms with Crippen LogP contribution in [-0.2, 0) is 16.1 Å². The molecule has 0 fully saturated rings. The molecule has 0 saturated carbocycles. The number of furan rings is 1. The fraction of sp³-hybridized carbons (Fsp3) is 0.213. The highest BCUT2D eigenvalue weighted by Crippen LogP contribution is 2.48. The van der Waals surface area contributed by atoms with Crippen LogP contribution in [0.4, 0.5) is 5.69 Å². The van der Waals surface area contributed by atoms with Crippen molar-refractivity contribution >= 4 is 34.4 Å². The second kappa shape index (κ2) is 16.9. The van der Waals surface area contributed by atoms with Gasteiger partial charge in [-0.15, -0.1) is 6.58 Å². The summed E-state index contributed by atoms with van der Waals surface area (Å²) in [6, 6.07) is 37.8. The molecule has 5 aromatic carbocycles. The van der Waals surface area contributed by atoms with E-state index in [0.717, 1.165) is 22.1 Å². The third kappa shape index (κ3) is 7.99. The number of aliphatic hydroxyl groups excluding tert-OH is 1. The summed E-state index contributed by atoms with van der Waals surface area (Å²) in [5, 5.41) is 10.4. The Morgan fingerprint density at radius 3 is 2.27 bits per heavy atom. The predicted molar refractivity (Wildman–Crippen MR) is 216 cm³/mol. The van der Waals surface area contributed by atoms with Crippen molar-refractivity contribution in [2.24, 2.45) is 0 Å². The molecule has 1 unspecified atom stereocenters. The van der Waals surface area contributed by atoms with Gasteiger partial charge in [0.2, 0.25) is 0 Å². The van der Waals surface area contributed by atoms with E-state index in [0.29, 0.717) is 45.9 Å². The van der Waals surface area contributed by atoms with Crippen molar-refractivity contribution in [3.8, 4) is 16.9 Å². The molecule has 9 nitrogen and oxygen atoms in total. The van der Waals surface area contributed by atoms with Crippen LogP contribution in [0.1, 0.15) is 63.4 Å². The van der Waals surface area contributed by atoms with Crippen LogP contribution in [0.15, 0.2) is 144 Å². The molecular weight excluding hydrogens is 705 g/mol. The summed E-state index contributed by atoms with van der Waals surface area (Å²) in [7, 11) is 0. The van der Waals surface area contributed by atoms with Crippen molar-refractivity contribution in [1.82, 2.24) is 4.90 Å². The number of hydrogen-bond donors (Lipinski definition) is 1. The molecule has 0 spiro atoms. The van der Waals surface area contributed by atoms with Crippen molar-refractivity contribution in [1.29, 1.82) is 0 Å². The number of ether oxygens (including phenoxy) is 2. The highest BCUT2D eigenvalue weighted by atomic mass is 16.5. The van der Waals surface area contributed by atoms with E-state index in [1.807, 2.05) is 97.9 Å². The second-order valence-corrected chi connectivity index (χ2v) is 13.9. The van der Waals surface area contributed by atoms with E-state index in [4.69, 9.17) is 13.9 Å². The second-order valence-electron chi connectivity index (χ2n) is 13.9. The normalized spacial score (nSPS) is 15.2. The summed E-state index contributed by atoms with van der Waals surface area (Å²) >= 11 is 0. The number of nitrogens with zero attached hydrogens (tertiary/aromatic N) is 2. The maximum absolute atomic E-state index is 15.1. The molecule has 2 heterocycles. The SMILES string of the molecule is C=CCC(OC(C)=O)[C@@H]1[C@@H](N(Cc2cc3ccccc3o2)C(=O)c2ccc(C)cc2)c2cc(OCCCO)ccc2N1C(=O)c1ccc(-c2ccccc2)cc1. The lowest BCUT2D eigenvalue weighted by molar-refractivity contribution is -0.147. The Morgan fingerprint density at radius 2 is 1.57 bits per heavy atom. The summed E-state index contributed by atoms with van der Waals surface area (Å²) in [4.78, 5) is 46.3. The zero-order chi connectivity index (χ0) is 39.2. The number of amides is 2. The Balaban J connectivity index is 1.41. The van der Waals surface area contributed by atoms with Gasteiger partial charge in [0.15, 0.2) is 0 Å². The van der Waals surface area contributed by atoms with Crippen LogP contribution in [0, 0.1) is 6.92 Å². The molecular formula is C47H44N2O7. The molecule has 284 valence electrons. The van der Waals surface area contributed by atoms with Gasteiger partial charge in [-0.05, 0) is 72.6 Å². The topological polar surface area (TPSA) is 110 Å². The zero-order valence-corrected chi connectivity index (χ0v) is 31.5. The lowest BCUT2D eigenvalue weighted by atomic mass is 9.93. The molecule has 56 heavy (non-hydrogen) atoms.